The number of anilines is 3. The normalized spacial score (nSPS) is 13.9. The van der Waals surface area contributed by atoms with Crippen molar-refractivity contribution in [2.24, 2.45) is 0 Å². The largest absolute Gasteiger partial charge is 0.353 e. The molecule has 7 heteroatoms. The summed E-state index contributed by atoms with van der Waals surface area (Å²) in [4.78, 5) is 33.2. The van der Waals surface area contributed by atoms with Crippen LogP contribution in [0.15, 0.2) is 73.2 Å². The first-order valence-electron chi connectivity index (χ1n) is 12.1. The van der Waals surface area contributed by atoms with E-state index < -0.39 is 0 Å². The number of rotatable bonds is 5. The van der Waals surface area contributed by atoms with Crippen LogP contribution in [0.25, 0.3) is 10.8 Å². The van der Waals surface area contributed by atoms with Gasteiger partial charge < -0.3 is 14.7 Å². The maximum absolute atomic E-state index is 13.5. The first-order valence-corrected chi connectivity index (χ1v) is 12.1. The monoisotopic (exact) mass is 466 g/mol. The van der Waals surface area contributed by atoms with E-state index in [1.54, 1.807) is 23.5 Å². The maximum Gasteiger partial charge on any atom is 0.260 e. The Morgan fingerprint density at radius 3 is 2.11 bits per heavy atom. The quantitative estimate of drug-likeness (QED) is 0.423. The number of fused-ring (bicyclic) bond motifs is 1. The van der Waals surface area contributed by atoms with Gasteiger partial charge in [-0.25, -0.2) is 15.0 Å². The predicted octanol–water partition coefficient (Wildman–Crippen LogP) is 4.75. The third kappa shape index (κ3) is 4.54. The molecule has 0 radical (unpaired) electrons. The fourth-order valence-corrected chi connectivity index (χ4v) is 4.55. The third-order valence-electron chi connectivity index (χ3n) is 6.67. The molecule has 5 rings (SSSR count). The summed E-state index contributed by atoms with van der Waals surface area (Å²) in [7, 11) is 1.82. The van der Waals surface area contributed by atoms with Gasteiger partial charge >= 0.3 is 0 Å². The summed E-state index contributed by atoms with van der Waals surface area (Å²) in [5, 5.41) is 1.91. The van der Waals surface area contributed by atoms with Crippen molar-refractivity contribution in [3.05, 3.63) is 84.3 Å². The summed E-state index contributed by atoms with van der Waals surface area (Å²) in [6.45, 7) is 7.58. The highest BCUT2D eigenvalue weighted by Gasteiger charge is 2.24. The van der Waals surface area contributed by atoms with E-state index in [9.17, 15) is 4.79 Å². The lowest BCUT2D eigenvalue weighted by molar-refractivity contribution is 0.0994. The SMILES string of the molecule is CC(C)c1ccc(N(C)C(=O)c2cnc(N3CCN(c4ncccn4)CC3)c3ccccc23)cc1. The minimum atomic E-state index is -0.0661. The highest BCUT2D eigenvalue weighted by molar-refractivity contribution is 6.15. The zero-order chi connectivity index (χ0) is 24.4. The van der Waals surface area contributed by atoms with Crippen LogP contribution in [0.5, 0.6) is 0 Å². The minimum Gasteiger partial charge on any atom is -0.353 e. The van der Waals surface area contributed by atoms with Crippen molar-refractivity contribution in [1.29, 1.82) is 0 Å². The van der Waals surface area contributed by atoms with Crippen LogP contribution in [0.2, 0.25) is 0 Å². The standard InChI is InChI=1S/C28H30N6O/c1-20(2)21-9-11-22(12-10-21)32(3)27(35)25-19-31-26(24-8-5-4-7-23(24)25)33-15-17-34(18-16-33)28-29-13-6-14-30-28/h4-14,19-20H,15-18H2,1-3H3. The lowest BCUT2D eigenvalue weighted by Gasteiger charge is -2.36. The van der Waals surface area contributed by atoms with Crippen LogP contribution in [-0.2, 0) is 0 Å². The van der Waals surface area contributed by atoms with Gasteiger partial charge in [-0.15, -0.1) is 0 Å². The number of benzene rings is 2. The second-order valence-corrected chi connectivity index (χ2v) is 9.17. The summed E-state index contributed by atoms with van der Waals surface area (Å²) < 4.78 is 0. The molecule has 0 aliphatic carbocycles. The lowest BCUT2D eigenvalue weighted by atomic mass is 10.0. The highest BCUT2D eigenvalue weighted by Crippen LogP contribution is 2.30. The van der Waals surface area contributed by atoms with Crippen molar-refractivity contribution in [2.75, 3.05) is 47.9 Å². The Kier molecular flexibility index (Phi) is 6.31. The Hall–Kier alpha value is -4.00. The van der Waals surface area contributed by atoms with Crippen LogP contribution in [0.1, 0.15) is 35.7 Å². The molecule has 0 atom stereocenters. The van der Waals surface area contributed by atoms with Gasteiger partial charge in [-0.1, -0.05) is 50.2 Å². The first-order chi connectivity index (χ1) is 17.0. The van der Waals surface area contributed by atoms with Crippen LogP contribution in [0.4, 0.5) is 17.5 Å². The van der Waals surface area contributed by atoms with Gasteiger partial charge in [0, 0.05) is 62.9 Å². The molecule has 178 valence electrons. The third-order valence-corrected chi connectivity index (χ3v) is 6.67. The molecular formula is C28H30N6O. The van der Waals surface area contributed by atoms with Gasteiger partial charge in [-0.05, 0) is 35.1 Å². The number of piperazine rings is 1. The van der Waals surface area contributed by atoms with Gasteiger partial charge in [0.05, 0.1) is 5.56 Å². The molecular weight excluding hydrogens is 436 g/mol. The highest BCUT2D eigenvalue weighted by atomic mass is 16.2. The number of carbonyl (C=O) groups excluding carboxylic acids is 1. The topological polar surface area (TPSA) is 65.5 Å². The van der Waals surface area contributed by atoms with Gasteiger partial charge in [0.15, 0.2) is 0 Å². The molecule has 1 aliphatic rings. The van der Waals surface area contributed by atoms with E-state index in [0.29, 0.717) is 11.5 Å². The van der Waals surface area contributed by atoms with Crippen molar-refractivity contribution in [1.82, 2.24) is 15.0 Å². The first kappa shape index (κ1) is 22.8. The second kappa shape index (κ2) is 9.70. The molecule has 0 N–H and O–H groups in total. The average molecular weight is 467 g/mol. The van der Waals surface area contributed by atoms with E-state index in [1.807, 2.05) is 43.4 Å². The zero-order valence-corrected chi connectivity index (χ0v) is 20.4. The van der Waals surface area contributed by atoms with E-state index in [-0.39, 0.29) is 5.91 Å². The van der Waals surface area contributed by atoms with Gasteiger partial charge in [0.25, 0.3) is 5.91 Å². The number of nitrogens with zero attached hydrogens (tertiary/aromatic N) is 6. The zero-order valence-electron chi connectivity index (χ0n) is 20.4. The van der Waals surface area contributed by atoms with Gasteiger partial charge in [-0.2, -0.15) is 0 Å². The Morgan fingerprint density at radius 2 is 1.46 bits per heavy atom. The summed E-state index contributed by atoms with van der Waals surface area (Å²) in [6.07, 6.45) is 5.27. The minimum absolute atomic E-state index is 0.0661. The smallest absolute Gasteiger partial charge is 0.260 e. The summed E-state index contributed by atoms with van der Waals surface area (Å²) >= 11 is 0. The second-order valence-electron chi connectivity index (χ2n) is 9.17. The molecule has 2 aromatic heterocycles. The molecule has 1 amide bonds. The summed E-state index contributed by atoms with van der Waals surface area (Å²) in [5.41, 5.74) is 2.73. The van der Waals surface area contributed by atoms with Crippen LogP contribution >= 0.6 is 0 Å². The molecule has 0 spiro atoms. The lowest BCUT2D eigenvalue weighted by Crippen LogP contribution is -2.47. The molecule has 0 bridgehead atoms. The fraction of sp³-hybridized carbons (Fsp3) is 0.286. The molecule has 0 saturated carbocycles. The van der Waals surface area contributed by atoms with Crippen LogP contribution in [0, 0.1) is 0 Å². The number of carbonyl (C=O) groups is 1. The summed E-state index contributed by atoms with van der Waals surface area (Å²) in [5.74, 6) is 2.06. The maximum atomic E-state index is 13.5. The number of hydrogen-bond donors (Lipinski definition) is 0. The molecule has 1 saturated heterocycles. The Morgan fingerprint density at radius 1 is 0.829 bits per heavy atom. The Bertz CT molecular complexity index is 1310. The Balaban J connectivity index is 1.39. The molecule has 1 aliphatic heterocycles. The van der Waals surface area contributed by atoms with Gasteiger partial charge in [0.2, 0.25) is 5.95 Å². The van der Waals surface area contributed by atoms with E-state index in [2.05, 4.69) is 51.8 Å². The van der Waals surface area contributed by atoms with Crippen molar-refractivity contribution in [3.8, 4) is 0 Å². The van der Waals surface area contributed by atoms with E-state index in [1.165, 1.54) is 5.56 Å². The number of pyridine rings is 1. The van der Waals surface area contributed by atoms with E-state index in [4.69, 9.17) is 4.98 Å². The molecule has 4 aromatic rings. The molecule has 1 fully saturated rings. The van der Waals surface area contributed by atoms with Crippen molar-refractivity contribution < 1.29 is 4.79 Å². The molecule has 2 aromatic carbocycles. The van der Waals surface area contributed by atoms with Crippen molar-refractivity contribution in [3.63, 3.8) is 0 Å². The van der Waals surface area contributed by atoms with Crippen LogP contribution in [-0.4, -0.2) is 54.1 Å². The van der Waals surface area contributed by atoms with Gasteiger partial charge in [0.1, 0.15) is 5.82 Å². The number of amides is 1. The fourth-order valence-electron chi connectivity index (χ4n) is 4.55. The number of aromatic nitrogens is 3. The Labute approximate surface area is 206 Å². The van der Waals surface area contributed by atoms with Crippen LogP contribution in [0.3, 0.4) is 0 Å². The van der Waals surface area contributed by atoms with E-state index in [0.717, 1.165) is 54.4 Å². The van der Waals surface area contributed by atoms with Crippen molar-refractivity contribution in [2.45, 2.75) is 19.8 Å². The summed E-state index contributed by atoms with van der Waals surface area (Å²) in [6, 6.07) is 18.1. The predicted molar refractivity (Wildman–Crippen MR) is 141 cm³/mol. The molecule has 0 unspecified atom stereocenters. The molecule has 3 heterocycles. The van der Waals surface area contributed by atoms with Crippen molar-refractivity contribution >= 4 is 34.1 Å². The van der Waals surface area contributed by atoms with Gasteiger partial charge in [-0.3, -0.25) is 4.79 Å². The average Bonchev–Trinajstić information content (AvgIpc) is 2.92. The van der Waals surface area contributed by atoms with E-state index >= 15 is 0 Å². The molecule has 7 nitrogen and oxygen atoms in total. The molecule has 35 heavy (non-hydrogen) atoms. The van der Waals surface area contributed by atoms with Crippen LogP contribution < -0.4 is 14.7 Å². The number of hydrogen-bond acceptors (Lipinski definition) is 6.